The summed E-state index contributed by atoms with van der Waals surface area (Å²) < 4.78 is 0.957. The van der Waals surface area contributed by atoms with E-state index in [2.05, 4.69) is 27.0 Å². The minimum atomic E-state index is 0.687. The number of aromatic nitrogens is 1. The van der Waals surface area contributed by atoms with Crippen molar-refractivity contribution in [3.8, 4) is 6.07 Å². The van der Waals surface area contributed by atoms with Crippen LogP contribution >= 0.6 is 15.9 Å². The normalized spacial score (nSPS) is 10.6. The predicted molar refractivity (Wildman–Crippen MR) is 71.7 cm³/mol. The van der Waals surface area contributed by atoms with Crippen LogP contribution in [0.3, 0.4) is 0 Å². The minimum Gasteiger partial charge on any atom is -0.248 e. The maximum absolute atomic E-state index is 9.33. The average Bonchev–Trinajstić information content (AvgIpc) is 2.36. The molecule has 3 rings (SSSR count). The van der Waals surface area contributed by atoms with Gasteiger partial charge in [-0.1, -0.05) is 34.1 Å². The van der Waals surface area contributed by atoms with Gasteiger partial charge in [-0.25, -0.2) is 4.98 Å². The molecule has 0 aliphatic rings. The summed E-state index contributed by atoms with van der Waals surface area (Å²) in [6, 6.07) is 15.8. The van der Waals surface area contributed by atoms with Crippen molar-refractivity contribution in [2.24, 2.45) is 0 Å². The van der Waals surface area contributed by atoms with Crippen LogP contribution in [-0.4, -0.2) is 4.98 Å². The van der Waals surface area contributed by atoms with Gasteiger partial charge in [-0.3, -0.25) is 0 Å². The van der Waals surface area contributed by atoms with E-state index in [4.69, 9.17) is 0 Å². The molecule has 0 radical (unpaired) electrons. The van der Waals surface area contributed by atoms with Crippen molar-refractivity contribution in [1.29, 1.82) is 5.26 Å². The molecule has 0 amide bonds. The Morgan fingerprint density at radius 1 is 1.00 bits per heavy atom. The van der Waals surface area contributed by atoms with Gasteiger partial charge in [0.2, 0.25) is 0 Å². The summed E-state index contributed by atoms with van der Waals surface area (Å²) in [6.45, 7) is 0. The molecule has 0 fully saturated rings. The highest BCUT2D eigenvalue weighted by atomic mass is 79.9. The summed E-state index contributed by atoms with van der Waals surface area (Å²) in [5, 5.41) is 11.1. The predicted octanol–water partition coefficient (Wildman–Crippen LogP) is 4.02. The first-order valence-corrected chi connectivity index (χ1v) is 5.97. The van der Waals surface area contributed by atoms with E-state index in [1.165, 1.54) is 0 Å². The minimum absolute atomic E-state index is 0.687. The lowest BCUT2D eigenvalue weighted by atomic mass is 10.0. The van der Waals surface area contributed by atoms with Crippen molar-refractivity contribution in [2.75, 3.05) is 0 Å². The van der Waals surface area contributed by atoms with Gasteiger partial charge in [0.15, 0.2) is 0 Å². The number of nitriles is 1. The molecule has 3 heteroatoms. The van der Waals surface area contributed by atoms with Crippen molar-refractivity contribution in [3.63, 3.8) is 0 Å². The highest BCUT2D eigenvalue weighted by molar-refractivity contribution is 9.10. The standard InChI is InChI=1S/C14H7BrN2/c15-9-5-6-14-11(7-9)12(8-16)10-3-1-2-4-13(10)17-14/h1-7H. The Balaban J connectivity index is 2.60. The second-order valence-corrected chi connectivity index (χ2v) is 4.69. The zero-order valence-electron chi connectivity index (χ0n) is 8.81. The van der Waals surface area contributed by atoms with Crippen molar-refractivity contribution in [3.05, 3.63) is 52.5 Å². The van der Waals surface area contributed by atoms with Crippen LogP contribution in [0.2, 0.25) is 0 Å². The molecule has 2 aromatic carbocycles. The Kier molecular flexibility index (Phi) is 2.31. The van der Waals surface area contributed by atoms with Gasteiger partial charge < -0.3 is 0 Å². The van der Waals surface area contributed by atoms with Crippen molar-refractivity contribution < 1.29 is 0 Å². The van der Waals surface area contributed by atoms with Crippen LogP contribution in [0.4, 0.5) is 0 Å². The third-order valence-corrected chi connectivity index (χ3v) is 3.25. The summed E-state index contributed by atoms with van der Waals surface area (Å²) in [5.41, 5.74) is 2.40. The van der Waals surface area contributed by atoms with E-state index in [-0.39, 0.29) is 0 Å². The number of nitrogens with zero attached hydrogens (tertiary/aromatic N) is 2. The fourth-order valence-electron chi connectivity index (χ4n) is 1.98. The van der Waals surface area contributed by atoms with Crippen molar-refractivity contribution in [1.82, 2.24) is 4.98 Å². The summed E-state index contributed by atoms with van der Waals surface area (Å²) in [4.78, 5) is 4.56. The fourth-order valence-corrected chi connectivity index (χ4v) is 2.34. The van der Waals surface area contributed by atoms with E-state index in [9.17, 15) is 5.26 Å². The van der Waals surface area contributed by atoms with E-state index in [0.29, 0.717) is 5.56 Å². The molecule has 0 spiro atoms. The van der Waals surface area contributed by atoms with Crippen LogP contribution in [0, 0.1) is 11.3 Å². The number of pyridine rings is 1. The quantitative estimate of drug-likeness (QED) is 0.584. The largest absolute Gasteiger partial charge is 0.248 e. The molecule has 80 valence electrons. The van der Waals surface area contributed by atoms with E-state index in [1.54, 1.807) is 0 Å². The van der Waals surface area contributed by atoms with E-state index in [1.807, 2.05) is 42.5 Å². The maximum atomic E-state index is 9.33. The Labute approximate surface area is 107 Å². The molecule has 3 aromatic rings. The van der Waals surface area contributed by atoms with Gasteiger partial charge in [0.05, 0.1) is 16.6 Å². The number of hydrogen-bond acceptors (Lipinski definition) is 2. The zero-order valence-corrected chi connectivity index (χ0v) is 10.4. The summed E-state index contributed by atoms with van der Waals surface area (Å²) >= 11 is 3.42. The second kappa shape index (κ2) is 3.83. The Morgan fingerprint density at radius 3 is 2.59 bits per heavy atom. The van der Waals surface area contributed by atoms with Crippen LogP contribution in [0.1, 0.15) is 5.56 Å². The number of halogens is 1. The van der Waals surface area contributed by atoms with E-state index >= 15 is 0 Å². The molecule has 0 saturated heterocycles. The lowest BCUT2D eigenvalue weighted by Gasteiger charge is -2.05. The molecule has 2 nitrogen and oxygen atoms in total. The molecule has 0 bridgehead atoms. The first kappa shape index (κ1) is 10.2. The van der Waals surface area contributed by atoms with Crippen molar-refractivity contribution >= 4 is 37.7 Å². The van der Waals surface area contributed by atoms with Gasteiger partial charge in [-0.15, -0.1) is 0 Å². The molecular formula is C14H7BrN2. The number of fused-ring (bicyclic) bond motifs is 2. The smallest absolute Gasteiger partial charge is 0.101 e. The fraction of sp³-hybridized carbons (Fsp3) is 0. The van der Waals surface area contributed by atoms with Crippen molar-refractivity contribution in [2.45, 2.75) is 0 Å². The number of benzene rings is 2. The molecule has 0 N–H and O–H groups in total. The van der Waals surface area contributed by atoms with Crippen LogP contribution in [-0.2, 0) is 0 Å². The molecule has 0 unspecified atom stereocenters. The third kappa shape index (κ3) is 1.58. The lowest BCUT2D eigenvalue weighted by molar-refractivity contribution is 1.46. The van der Waals surface area contributed by atoms with E-state index in [0.717, 1.165) is 26.3 Å². The third-order valence-electron chi connectivity index (χ3n) is 2.75. The van der Waals surface area contributed by atoms with Gasteiger partial charge in [0, 0.05) is 15.2 Å². The maximum Gasteiger partial charge on any atom is 0.101 e. The summed E-state index contributed by atoms with van der Waals surface area (Å²) in [6.07, 6.45) is 0. The molecule has 0 aliphatic heterocycles. The monoisotopic (exact) mass is 282 g/mol. The first-order valence-electron chi connectivity index (χ1n) is 5.18. The Bertz CT molecular complexity index is 772. The average molecular weight is 283 g/mol. The molecule has 0 atom stereocenters. The highest BCUT2D eigenvalue weighted by Gasteiger charge is 2.08. The first-order chi connectivity index (χ1) is 8.29. The van der Waals surface area contributed by atoms with Crippen LogP contribution < -0.4 is 0 Å². The number of rotatable bonds is 0. The van der Waals surface area contributed by atoms with Gasteiger partial charge in [0.1, 0.15) is 6.07 Å². The Morgan fingerprint density at radius 2 is 1.76 bits per heavy atom. The molecule has 1 aromatic heterocycles. The number of para-hydroxylation sites is 1. The lowest BCUT2D eigenvalue weighted by Crippen LogP contribution is -1.88. The molecule has 0 saturated carbocycles. The summed E-state index contributed by atoms with van der Waals surface area (Å²) in [7, 11) is 0. The zero-order chi connectivity index (χ0) is 11.8. The van der Waals surface area contributed by atoms with Crippen LogP contribution in [0.15, 0.2) is 46.9 Å². The van der Waals surface area contributed by atoms with Gasteiger partial charge in [-0.2, -0.15) is 5.26 Å². The SMILES string of the molecule is N#Cc1c2ccccc2nc2ccc(Br)cc12. The molecule has 1 heterocycles. The highest BCUT2D eigenvalue weighted by Crippen LogP contribution is 2.27. The van der Waals surface area contributed by atoms with Gasteiger partial charge in [-0.05, 0) is 24.3 Å². The number of hydrogen-bond donors (Lipinski definition) is 0. The molecular weight excluding hydrogens is 276 g/mol. The molecule has 0 aliphatic carbocycles. The van der Waals surface area contributed by atoms with Crippen LogP contribution in [0.5, 0.6) is 0 Å². The van der Waals surface area contributed by atoms with Crippen LogP contribution in [0.25, 0.3) is 21.8 Å². The molecule has 17 heavy (non-hydrogen) atoms. The topological polar surface area (TPSA) is 36.7 Å². The Hall–Kier alpha value is -1.92. The summed E-state index contributed by atoms with van der Waals surface area (Å²) in [5.74, 6) is 0. The second-order valence-electron chi connectivity index (χ2n) is 3.78. The van der Waals surface area contributed by atoms with E-state index < -0.39 is 0 Å². The van der Waals surface area contributed by atoms with Gasteiger partial charge in [0.25, 0.3) is 0 Å². The van der Waals surface area contributed by atoms with Gasteiger partial charge >= 0.3 is 0 Å².